The van der Waals surface area contributed by atoms with Gasteiger partial charge in [-0.3, -0.25) is 9.36 Å². The van der Waals surface area contributed by atoms with Gasteiger partial charge in [-0.2, -0.15) is 0 Å². The summed E-state index contributed by atoms with van der Waals surface area (Å²) in [5, 5.41) is 18.5. The average Bonchev–Trinajstić information content (AvgIpc) is 2.69. The molecule has 0 atom stereocenters. The summed E-state index contributed by atoms with van der Waals surface area (Å²) in [4.78, 5) is 15.4. The van der Waals surface area contributed by atoms with Gasteiger partial charge in [0.15, 0.2) is 0 Å². The lowest BCUT2D eigenvalue weighted by atomic mass is 10.2. The van der Waals surface area contributed by atoms with Crippen LogP contribution in [0.15, 0.2) is 36.9 Å². The number of carbonyl (C=O) groups excluding carboxylic acids is 1. The number of hydrogen-bond donors (Lipinski definition) is 2. The highest BCUT2D eigenvalue weighted by molar-refractivity contribution is 5.98. The second-order valence-corrected chi connectivity index (χ2v) is 2.98. The number of imidazole rings is 1. The van der Waals surface area contributed by atoms with Gasteiger partial charge in [-0.1, -0.05) is 0 Å². The zero-order chi connectivity index (χ0) is 10.8. The van der Waals surface area contributed by atoms with E-state index in [0.29, 0.717) is 0 Å². The van der Waals surface area contributed by atoms with Gasteiger partial charge in [0.1, 0.15) is 17.8 Å². The Balaban J connectivity index is 2.42. The Hall–Kier alpha value is -2.30. The molecule has 1 aromatic heterocycles. The van der Waals surface area contributed by atoms with E-state index in [4.69, 9.17) is 5.11 Å². The Morgan fingerprint density at radius 3 is 2.73 bits per heavy atom. The van der Waals surface area contributed by atoms with Crippen LogP contribution in [-0.4, -0.2) is 25.7 Å². The minimum Gasteiger partial charge on any atom is -0.508 e. The number of benzene rings is 1. The highest BCUT2D eigenvalue weighted by Crippen LogP contribution is 2.23. The van der Waals surface area contributed by atoms with Gasteiger partial charge in [-0.25, -0.2) is 4.98 Å². The summed E-state index contributed by atoms with van der Waals surface area (Å²) in [6.07, 6.45) is 4.29. The minimum atomic E-state index is -0.398. The molecule has 2 rings (SSSR count). The normalized spacial score (nSPS) is 10.1. The van der Waals surface area contributed by atoms with Crippen LogP contribution in [0.4, 0.5) is 0 Å². The molecule has 0 saturated heterocycles. The van der Waals surface area contributed by atoms with Crippen molar-refractivity contribution in [2.75, 3.05) is 0 Å². The number of phenolic OH excluding ortho intramolecular Hbond substituents is 2. The highest BCUT2D eigenvalue weighted by atomic mass is 16.3. The highest BCUT2D eigenvalue weighted by Gasteiger charge is 2.12. The number of phenols is 2. The number of aromatic nitrogens is 2. The van der Waals surface area contributed by atoms with Gasteiger partial charge in [0.25, 0.3) is 5.91 Å². The molecule has 0 bridgehead atoms. The van der Waals surface area contributed by atoms with Crippen molar-refractivity contribution in [2.24, 2.45) is 0 Å². The summed E-state index contributed by atoms with van der Waals surface area (Å²) in [5.41, 5.74) is 0.116. The molecule has 2 N–H and O–H groups in total. The Kier molecular flexibility index (Phi) is 2.13. The number of rotatable bonds is 1. The molecular weight excluding hydrogens is 196 g/mol. The third-order valence-corrected chi connectivity index (χ3v) is 1.95. The zero-order valence-electron chi connectivity index (χ0n) is 7.66. The summed E-state index contributed by atoms with van der Waals surface area (Å²) in [7, 11) is 0. The first-order valence-corrected chi connectivity index (χ1v) is 4.23. The number of nitrogens with zero attached hydrogens (tertiary/aromatic N) is 2. The van der Waals surface area contributed by atoms with Crippen molar-refractivity contribution in [3.63, 3.8) is 0 Å². The molecule has 0 amide bonds. The van der Waals surface area contributed by atoms with Crippen LogP contribution >= 0.6 is 0 Å². The molecule has 1 aromatic carbocycles. The second-order valence-electron chi connectivity index (χ2n) is 2.98. The summed E-state index contributed by atoms with van der Waals surface area (Å²) in [5.74, 6) is -0.742. The minimum absolute atomic E-state index is 0.0883. The lowest BCUT2D eigenvalue weighted by Crippen LogP contribution is -2.09. The molecule has 0 aliphatic heterocycles. The van der Waals surface area contributed by atoms with Crippen LogP contribution < -0.4 is 0 Å². The third-order valence-electron chi connectivity index (χ3n) is 1.95. The van der Waals surface area contributed by atoms with E-state index in [9.17, 15) is 9.90 Å². The second kappa shape index (κ2) is 3.45. The molecule has 0 aliphatic rings. The van der Waals surface area contributed by atoms with E-state index in [1.807, 2.05) is 0 Å². The third kappa shape index (κ3) is 1.67. The van der Waals surface area contributed by atoms with Crippen LogP contribution in [0.1, 0.15) is 10.4 Å². The molecule has 0 saturated carbocycles. The summed E-state index contributed by atoms with van der Waals surface area (Å²) in [6, 6.07) is 3.81. The van der Waals surface area contributed by atoms with E-state index in [1.54, 1.807) is 0 Å². The zero-order valence-corrected chi connectivity index (χ0v) is 7.66. The van der Waals surface area contributed by atoms with Crippen LogP contribution in [-0.2, 0) is 0 Å². The maximum atomic E-state index is 11.7. The summed E-state index contributed by atoms with van der Waals surface area (Å²) in [6.45, 7) is 0. The van der Waals surface area contributed by atoms with Crippen LogP contribution in [0, 0.1) is 0 Å². The van der Waals surface area contributed by atoms with Gasteiger partial charge in [-0.15, -0.1) is 0 Å². The Bertz CT molecular complexity index is 491. The molecule has 0 radical (unpaired) electrons. The standard InChI is InChI=1S/C10H8N2O3/c13-7-1-2-8(9(14)5-7)10(15)12-4-3-11-6-12/h1-6,13-14H. The SMILES string of the molecule is O=C(c1ccc(O)cc1O)n1ccnc1. The molecule has 2 aromatic rings. The molecule has 5 nitrogen and oxygen atoms in total. The fraction of sp³-hybridized carbons (Fsp3) is 0. The first-order valence-electron chi connectivity index (χ1n) is 4.23. The number of hydrogen-bond acceptors (Lipinski definition) is 4. The topological polar surface area (TPSA) is 75.3 Å². The predicted octanol–water partition coefficient (Wildman–Crippen LogP) is 0.983. The molecular formula is C10H8N2O3. The quantitative estimate of drug-likeness (QED) is 0.726. The van der Waals surface area contributed by atoms with Crippen molar-refractivity contribution in [2.45, 2.75) is 0 Å². The number of carbonyl (C=O) groups is 1. The van der Waals surface area contributed by atoms with E-state index < -0.39 is 5.91 Å². The Labute approximate surface area is 85.2 Å². The van der Waals surface area contributed by atoms with Crippen LogP contribution in [0.3, 0.4) is 0 Å². The molecule has 15 heavy (non-hydrogen) atoms. The molecule has 5 heteroatoms. The van der Waals surface area contributed by atoms with Crippen molar-refractivity contribution in [3.8, 4) is 11.5 Å². The Morgan fingerprint density at radius 2 is 2.13 bits per heavy atom. The number of aromatic hydroxyl groups is 2. The molecule has 0 unspecified atom stereocenters. The summed E-state index contributed by atoms with van der Waals surface area (Å²) < 4.78 is 1.24. The fourth-order valence-electron chi connectivity index (χ4n) is 1.22. The lowest BCUT2D eigenvalue weighted by Gasteiger charge is -2.03. The van der Waals surface area contributed by atoms with Gasteiger partial charge in [-0.05, 0) is 12.1 Å². The van der Waals surface area contributed by atoms with Crippen molar-refractivity contribution in [3.05, 3.63) is 42.5 Å². The molecule has 1 heterocycles. The lowest BCUT2D eigenvalue weighted by molar-refractivity contribution is 0.0957. The van der Waals surface area contributed by atoms with Crippen LogP contribution in [0.2, 0.25) is 0 Å². The van der Waals surface area contributed by atoms with Gasteiger partial charge in [0.05, 0.1) is 5.56 Å². The van der Waals surface area contributed by atoms with Gasteiger partial charge in [0.2, 0.25) is 0 Å². The van der Waals surface area contributed by atoms with E-state index >= 15 is 0 Å². The predicted molar refractivity (Wildman–Crippen MR) is 51.7 cm³/mol. The first kappa shape index (κ1) is 9.26. The van der Waals surface area contributed by atoms with E-state index in [2.05, 4.69) is 4.98 Å². The molecule has 0 spiro atoms. The van der Waals surface area contributed by atoms with Gasteiger partial charge < -0.3 is 10.2 Å². The van der Waals surface area contributed by atoms with Crippen LogP contribution in [0.5, 0.6) is 11.5 Å². The Morgan fingerprint density at radius 1 is 1.33 bits per heavy atom. The van der Waals surface area contributed by atoms with E-state index in [1.165, 1.54) is 35.4 Å². The first-order chi connectivity index (χ1) is 7.18. The summed E-state index contributed by atoms with van der Waals surface area (Å²) >= 11 is 0. The molecule has 76 valence electrons. The van der Waals surface area contributed by atoms with Gasteiger partial charge >= 0.3 is 0 Å². The molecule has 0 aliphatic carbocycles. The smallest absolute Gasteiger partial charge is 0.266 e. The van der Waals surface area contributed by atoms with Crippen molar-refractivity contribution >= 4 is 5.91 Å². The fourth-order valence-corrected chi connectivity index (χ4v) is 1.22. The van der Waals surface area contributed by atoms with E-state index in [-0.39, 0.29) is 17.1 Å². The maximum Gasteiger partial charge on any atom is 0.266 e. The van der Waals surface area contributed by atoms with E-state index in [0.717, 1.165) is 6.07 Å². The monoisotopic (exact) mass is 204 g/mol. The van der Waals surface area contributed by atoms with Crippen molar-refractivity contribution < 1.29 is 15.0 Å². The van der Waals surface area contributed by atoms with Gasteiger partial charge in [0, 0.05) is 18.5 Å². The average molecular weight is 204 g/mol. The maximum absolute atomic E-state index is 11.7. The molecule has 0 fully saturated rings. The van der Waals surface area contributed by atoms with Crippen LogP contribution in [0.25, 0.3) is 0 Å². The van der Waals surface area contributed by atoms with Crippen molar-refractivity contribution in [1.29, 1.82) is 0 Å². The van der Waals surface area contributed by atoms with Crippen molar-refractivity contribution in [1.82, 2.24) is 9.55 Å². The largest absolute Gasteiger partial charge is 0.508 e.